The summed E-state index contributed by atoms with van der Waals surface area (Å²) in [7, 11) is 1.54. The lowest BCUT2D eigenvalue weighted by Gasteiger charge is -2.20. The Morgan fingerprint density at radius 3 is 2.33 bits per heavy atom. The lowest BCUT2D eigenvalue weighted by Crippen LogP contribution is -2.48. The maximum Gasteiger partial charge on any atom is 0.253 e. The Labute approximate surface area is 112 Å². The quantitative estimate of drug-likeness (QED) is 0.875. The van der Waals surface area contributed by atoms with Crippen LogP contribution in [-0.4, -0.2) is 24.9 Å². The van der Waals surface area contributed by atoms with Gasteiger partial charge in [-0.3, -0.25) is 9.59 Å². The zero-order chi connectivity index (χ0) is 13.7. The van der Waals surface area contributed by atoms with Crippen LogP contribution in [0.25, 0.3) is 0 Å². The van der Waals surface area contributed by atoms with Gasteiger partial charge in [0.1, 0.15) is 6.04 Å². The minimum Gasteiger partial charge on any atom is -0.357 e. The number of rotatable bonds is 4. The van der Waals surface area contributed by atoms with E-state index in [0.29, 0.717) is 10.6 Å². The molecule has 0 bridgehead atoms. The Balaban J connectivity index is 2.86. The van der Waals surface area contributed by atoms with Crippen LogP contribution in [0.1, 0.15) is 24.2 Å². The summed E-state index contributed by atoms with van der Waals surface area (Å²) in [4.78, 5) is 23.7. The second-order valence-electron chi connectivity index (χ2n) is 4.29. The molecule has 1 aromatic rings. The van der Waals surface area contributed by atoms with Crippen molar-refractivity contribution in [3.63, 3.8) is 0 Å². The molecule has 0 aromatic heterocycles. The van der Waals surface area contributed by atoms with Crippen LogP contribution in [0.3, 0.4) is 0 Å². The van der Waals surface area contributed by atoms with E-state index in [0.717, 1.165) is 0 Å². The summed E-state index contributed by atoms with van der Waals surface area (Å²) in [5, 5.41) is 5.59. The fraction of sp³-hybridized carbons (Fsp3) is 0.385. The van der Waals surface area contributed by atoms with Crippen LogP contribution in [-0.2, 0) is 4.79 Å². The summed E-state index contributed by atoms with van der Waals surface area (Å²) in [5.41, 5.74) is 0.369. The van der Waals surface area contributed by atoms with E-state index in [1.165, 1.54) is 0 Å². The van der Waals surface area contributed by atoms with E-state index in [9.17, 15) is 9.59 Å². The third kappa shape index (κ3) is 3.47. The van der Waals surface area contributed by atoms with Gasteiger partial charge in [-0.1, -0.05) is 37.6 Å². The van der Waals surface area contributed by atoms with Crippen LogP contribution in [0.5, 0.6) is 0 Å². The molecule has 98 valence electrons. The number of hydrogen-bond acceptors (Lipinski definition) is 2. The SMILES string of the molecule is CNC(=O)C(NC(=O)c1ccccc1Cl)C(C)C. The maximum atomic E-state index is 12.0. The van der Waals surface area contributed by atoms with Gasteiger partial charge in [0, 0.05) is 7.05 Å². The van der Waals surface area contributed by atoms with Gasteiger partial charge in [0.25, 0.3) is 5.91 Å². The van der Waals surface area contributed by atoms with Crippen molar-refractivity contribution in [2.75, 3.05) is 7.05 Å². The summed E-state index contributed by atoms with van der Waals surface area (Å²) in [6.45, 7) is 3.74. The van der Waals surface area contributed by atoms with Crippen LogP contribution in [0.2, 0.25) is 5.02 Å². The van der Waals surface area contributed by atoms with E-state index in [4.69, 9.17) is 11.6 Å². The summed E-state index contributed by atoms with van der Waals surface area (Å²) >= 11 is 5.93. The molecule has 0 spiro atoms. The minimum atomic E-state index is -0.571. The molecule has 1 atom stereocenters. The Hall–Kier alpha value is -1.55. The van der Waals surface area contributed by atoms with E-state index >= 15 is 0 Å². The van der Waals surface area contributed by atoms with Gasteiger partial charge in [-0.25, -0.2) is 0 Å². The Bertz CT molecular complexity index is 446. The topological polar surface area (TPSA) is 58.2 Å². The molecule has 18 heavy (non-hydrogen) atoms. The zero-order valence-corrected chi connectivity index (χ0v) is 11.4. The molecule has 1 aromatic carbocycles. The van der Waals surface area contributed by atoms with E-state index in [1.54, 1.807) is 31.3 Å². The van der Waals surface area contributed by atoms with Gasteiger partial charge in [-0.15, -0.1) is 0 Å². The second-order valence-corrected chi connectivity index (χ2v) is 4.70. The van der Waals surface area contributed by atoms with Crippen molar-refractivity contribution in [2.45, 2.75) is 19.9 Å². The molecule has 0 aliphatic heterocycles. The number of nitrogens with one attached hydrogen (secondary N) is 2. The monoisotopic (exact) mass is 268 g/mol. The van der Waals surface area contributed by atoms with Crippen LogP contribution < -0.4 is 10.6 Å². The largest absolute Gasteiger partial charge is 0.357 e. The Kier molecular flexibility index (Phi) is 5.16. The predicted molar refractivity (Wildman–Crippen MR) is 71.6 cm³/mol. The first-order valence-corrected chi connectivity index (χ1v) is 6.12. The Morgan fingerprint density at radius 2 is 1.83 bits per heavy atom. The smallest absolute Gasteiger partial charge is 0.253 e. The molecule has 0 saturated heterocycles. The zero-order valence-electron chi connectivity index (χ0n) is 10.7. The molecule has 0 heterocycles. The van der Waals surface area contributed by atoms with Crippen molar-refractivity contribution in [3.8, 4) is 0 Å². The van der Waals surface area contributed by atoms with Crippen molar-refractivity contribution >= 4 is 23.4 Å². The van der Waals surface area contributed by atoms with Crippen LogP contribution in [0.15, 0.2) is 24.3 Å². The van der Waals surface area contributed by atoms with E-state index in [2.05, 4.69) is 10.6 Å². The third-order valence-corrected chi connectivity index (χ3v) is 2.93. The van der Waals surface area contributed by atoms with Gasteiger partial charge in [0.2, 0.25) is 5.91 Å². The fourth-order valence-corrected chi connectivity index (χ4v) is 1.78. The molecule has 0 saturated carbocycles. The van der Waals surface area contributed by atoms with E-state index < -0.39 is 6.04 Å². The summed E-state index contributed by atoms with van der Waals surface area (Å²) in [6, 6.07) is 6.17. The molecular formula is C13H17ClN2O2. The molecule has 4 nitrogen and oxygen atoms in total. The number of carbonyl (C=O) groups excluding carboxylic acids is 2. The highest BCUT2D eigenvalue weighted by Crippen LogP contribution is 2.15. The highest BCUT2D eigenvalue weighted by atomic mass is 35.5. The van der Waals surface area contributed by atoms with Gasteiger partial charge >= 0.3 is 0 Å². The van der Waals surface area contributed by atoms with Gasteiger partial charge in [0.15, 0.2) is 0 Å². The molecular weight excluding hydrogens is 252 g/mol. The number of halogens is 1. The first kappa shape index (κ1) is 14.5. The summed E-state index contributed by atoms with van der Waals surface area (Å²) in [6.07, 6.45) is 0. The van der Waals surface area contributed by atoms with Crippen molar-refractivity contribution in [1.82, 2.24) is 10.6 Å². The summed E-state index contributed by atoms with van der Waals surface area (Å²) < 4.78 is 0. The fourth-order valence-electron chi connectivity index (χ4n) is 1.55. The van der Waals surface area contributed by atoms with Crippen LogP contribution in [0.4, 0.5) is 0 Å². The molecule has 1 rings (SSSR count). The van der Waals surface area contributed by atoms with Gasteiger partial charge in [-0.05, 0) is 18.1 Å². The van der Waals surface area contributed by atoms with Crippen molar-refractivity contribution in [3.05, 3.63) is 34.9 Å². The molecule has 2 amide bonds. The first-order valence-electron chi connectivity index (χ1n) is 5.74. The molecule has 0 aliphatic carbocycles. The lowest BCUT2D eigenvalue weighted by molar-refractivity contribution is -0.123. The summed E-state index contributed by atoms with van der Waals surface area (Å²) in [5.74, 6) is -0.565. The average Bonchev–Trinajstić information content (AvgIpc) is 2.35. The predicted octanol–water partition coefficient (Wildman–Crippen LogP) is 1.84. The molecule has 1 unspecified atom stereocenters. The third-order valence-electron chi connectivity index (χ3n) is 2.60. The number of hydrogen-bond donors (Lipinski definition) is 2. The van der Waals surface area contributed by atoms with Crippen molar-refractivity contribution < 1.29 is 9.59 Å². The molecule has 0 fully saturated rings. The molecule has 0 radical (unpaired) electrons. The molecule has 2 N–H and O–H groups in total. The van der Waals surface area contributed by atoms with Gasteiger partial charge < -0.3 is 10.6 Å². The standard InChI is InChI=1S/C13H17ClN2O2/c1-8(2)11(13(18)15-3)16-12(17)9-6-4-5-7-10(9)14/h4-8,11H,1-3H3,(H,15,18)(H,16,17). The average molecular weight is 269 g/mol. The van der Waals surface area contributed by atoms with E-state index in [-0.39, 0.29) is 17.7 Å². The normalized spacial score (nSPS) is 12.1. The van der Waals surface area contributed by atoms with Crippen LogP contribution in [0, 0.1) is 5.92 Å². The second kappa shape index (κ2) is 6.40. The maximum absolute atomic E-state index is 12.0. The molecule has 5 heteroatoms. The highest BCUT2D eigenvalue weighted by Gasteiger charge is 2.24. The minimum absolute atomic E-state index is 0.00334. The number of carbonyl (C=O) groups is 2. The first-order chi connectivity index (χ1) is 8.47. The Morgan fingerprint density at radius 1 is 1.22 bits per heavy atom. The highest BCUT2D eigenvalue weighted by molar-refractivity contribution is 6.33. The number of likely N-dealkylation sites (N-methyl/N-ethyl adjacent to an activating group) is 1. The number of benzene rings is 1. The lowest BCUT2D eigenvalue weighted by atomic mass is 10.0. The van der Waals surface area contributed by atoms with E-state index in [1.807, 2.05) is 13.8 Å². The van der Waals surface area contributed by atoms with Crippen LogP contribution >= 0.6 is 11.6 Å². The van der Waals surface area contributed by atoms with Gasteiger partial charge in [0.05, 0.1) is 10.6 Å². The van der Waals surface area contributed by atoms with Crippen molar-refractivity contribution in [1.29, 1.82) is 0 Å². The van der Waals surface area contributed by atoms with Gasteiger partial charge in [-0.2, -0.15) is 0 Å². The van der Waals surface area contributed by atoms with Crippen molar-refractivity contribution in [2.24, 2.45) is 5.92 Å². The molecule has 0 aliphatic rings. The number of amides is 2.